The van der Waals surface area contributed by atoms with Crippen LogP contribution in [0.3, 0.4) is 0 Å². The summed E-state index contributed by atoms with van der Waals surface area (Å²) in [4.78, 5) is 37.7. The van der Waals surface area contributed by atoms with Crippen molar-refractivity contribution >= 4 is 45.9 Å². The molecular formula is C23H25N3O8S2. The van der Waals surface area contributed by atoms with Gasteiger partial charge in [0.2, 0.25) is 5.91 Å². The molecule has 0 aliphatic carbocycles. The number of rotatable bonds is 11. The number of esters is 2. The van der Waals surface area contributed by atoms with Crippen molar-refractivity contribution in [3.63, 3.8) is 0 Å². The van der Waals surface area contributed by atoms with Crippen LogP contribution in [-0.4, -0.2) is 61.2 Å². The minimum absolute atomic E-state index is 0.0924. The Labute approximate surface area is 215 Å². The number of anilines is 1. The van der Waals surface area contributed by atoms with Crippen LogP contribution in [0.4, 0.5) is 5.00 Å². The molecule has 0 spiro atoms. The van der Waals surface area contributed by atoms with Crippen LogP contribution < -0.4 is 14.8 Å². The van der Waals surface area contributed by atoms with Crippen molar-refractivity contribution in [3.8, 4) is 23.0 Å². The summed E-state index contributed by atoms with van der Waals surface area (Å²) in [5, 5.41) is 11.0. The van der Waals surface area contributed by atoms with Gasteiger partial charge in [-0.1, -0.05) is 11.8 Å². The van der Waals surface area contributed by atoms with Gasteiger partial charge in [0, 0.05) is 0 Å². The summed E-state index contributed by atoms with van der Waals surface area (Å²) >= 11 is 1.96. The number of nitrogens with zero attached hydrogens (tertiary/aromatic N) is 2. The standard InChI is InChI=1S/C23H25N3O8S2/c1-6-32-21(28)17-12(3)18(22(29)33-7-2)36-20(17)24-16(27)11-35-23-26-25-19(34-23)14-10-13(30-4)8-9-15(14)31-5/h8-10H,6-7,11H2,1-5H3,(H,24,27). The third-order valence-electron chi connectivity index (χ3n) is 4.71. The Morgan fingerprint density at radius 3 is 2.44 bits per heavy atom. The molecule has 13 heteroatoms. The fraction of sp³-hybridized carbons (Fsp3) is 0.348. The molecule has 0 radical (unpaired) electrons. The molecular weight excluding hydrogens is 510 g/mol. The first kappa shape index (κ1) is 27.0. The Balaban J connectivity index is 1.74. The lowest BCUT2D eigenvalue weighted by Crippen LogP contribution is -2.16. The Morgan fingerprint density at radius 1 is 1.06 bits per heavy atom. The number of hydrogen-bond donors (Lipinski definition) is 1. The summed E-state index contributed by atoms with van der Waals surface area (Å²) in [6, 6.07) is 5.15. The highest BCUT2D eigenvalue weighted by Crippen LogP contribution is 2.36. The fourth-order valence-corrected chi connectivity index (χ4v) is 4.76. The van der Waals surface area contributed by atoms with Crippen LogP contribution in [0.25, 0.3) is 11.5 Å². The summed E-state index contributed by atoms with van der Waals surface area (Å²) < 4.78 is 26.4. The van der Waals surface area contributed by atoms with Crippen molar-refractivity contribution in [3.05, 3.63) is 34.2 Å². The van der Waals surface area contributed by atoms with Gasteiger partial charge in [0.1, 0.15) is 21.4 Å². The van der Waals surface area contributed by atoms with E-state index in [1.165, 1.54) is 14.2 Å². The van der Waals surface area contributed by atoms with Gasteiger partial charge in [-0.2, -0.15) is 0 Å². The fourth-order valence-electron chi connectivity index (χ4n) is 3.09. The maximum atomic E-state index is 12.7. The Hall–Kier alpha value is -3.58. The van der Waals surface area contributed by atoms with E-state index in [4.69, 9.17) is 23.4 Å². The molecule has 0 aliphatic heterocycles. The van der Waals surface area contributed by atoms with Crippen molar-refractivity contribution in [2.75, 3.05) is 38.5 Å². The first-order chi connectivity index (χ1) is 17.3. The van der Waals surface area contributed by atoms with E-state index in [0.29, 0.717) is 22.6 Å². The van der Waals surface area contributed by atoms with Crippen LogP contribution in [0, 0.1) is 6.92 Å². The molecule has 0 saturated heterocycles. The number of thiophene rings is 1. The van der Waals surface area contributed by atoms with E-state index in [0.717, 1.165) is 23.1 Å². The van der Waals surface area contributed by atoms with Gasteiger partial charge >= 0.3 is 11.9 Å². The summed E-state index contributed by atoms with van der Waals surface area (Å²) in [5.41, 5.74) is 1.04. The number of nitrogens with one attached hydrogen (secondary N) is 1. The largest absolute Gasteiger partial charge is 0.497 e. The van der Waals surface area contributed by atoms with Crippen molar-refractivity contribution in [2.45, 2.75) is 26.0 Å². The monoisotopic (exact) mass is 535 g/mol. The molecule has 1 amide bonds. The maximum absolute atomic E-state index is 12.7. The second kappa shape index (κ2) is 12.4. The van der Waals surface area contributed by atoms with Gasteiger partial charge in [0.25, 0.3) is 11.1 Å². The smallest absolute Gasteiger partial charge is 0.348 e. The number of aromatic nitrogens is 2. The third-order valence-corrected chi connectivity index (χ3v) is 6.72. The summed E-state index contributed by atoms with van der Waals surface area (Å²) in [6.45, 7) is 5.27. The maximum Gasteiger partial charge on any atom is 0.348 e. The van der Waals surface area contributed by atoms with Gasteiger partial charge < -0.3 is 28.7 Å². The van der Waals surface area contributed by atoms with Gasteiger partial charge in [-0.3, -0.25) is 4.79 Å². The normalized spacial score (nSPS) is 10.6. The topological polar surface area (TPSA) is 139 Å². The molecule has 1 aromatic carbocycles. The number of carbonyl (C=O) groups is 3. The zero-order valence-corrected chi connectivity index (χ0v) is 22.0. The van der Waals surface area contributed by atoms with Crippen molar-refractivity contribution in [2.24, 2.45) is 0 Å². The SMILES string of the molecule is CCOC(=O)c1sc(NC(=O)CSc2nnc(-c3cc(OC)ccc3OC)o2)c(C(=O)OCC)c1C. The van der Waals surface area contributed by atoms with E-state index in [9.17, 15) is 14.4 Å². The molecule has 0 unspecified atom stereocenters. The lowest BCUT2D eigenvalue weighted by atomic mass is 10.1. The quantitative estimate of drug-likeness (QED) is 0.279. The number of ether oxygens (including phenoxy) is 4. The minimum Gasteiger partial charge on any atom is -0.497 e. The molecule has 0 atom stereocenters. The molecule has 0 fully saturated rings. The van der Waals surface area contributed by atoms with E-state index >= 15 is 0 Å². The summed E-state index contributed by atoms with van der Waals surface area (Å²) in [7, 11) is 3.06. The number of hydrogen-bond acceptors (Lipinski definition) is 12. The highest BCUT2D eigenvalue weighted by molar-refractivity contribution is 7.99. The van der Waals surface area contributed by atoms with Crippen molar-refractivity contribution in [1.29, 1.82) is 0 Å². The first-order valence-electron chi connectivity index (χ1n) is 10.8. The molecule has 0 saturated carbocycles. The average molecular weight is 536 g/mol. The number of methoxy groups -OCH3 is 2. The first-order valence-corrected chi connectivity index (χ1v) is 12.6. The highest BCUT2D eigenvalue weighted by atomic mass is 32.2. The minimum atomic E-state index is -0.640. The van der Waals surface area contributed by atoms with E-state index in [1.54, 1.807) is 39.0 Å². The molecule has 2 heterocycles. The molecule has 11 nitrogen and oxygen atoms in total. The van der Waals surface area contributed by atoms with Crippen LogP contribution in [0.2, 0.25) is 0 Å². The summed E-state index contributed by atoms with van der Waals surface area (Å²) in [6.07, 6.45) is 0. The van der Waals surface area contributed by atoms with Crippen LogP contribution >= 0.6 is 23.1 Å². The molecule has 192 valence electrons. The molecule has 3 rings (SSSR count). The van der Waals surface area contributed by atoms with E-state index in [2.05, 4.69) is 15.5 Å². The molecule has 3 aromatic rings. The van der Waals surface area contributed by atoms with Crippen LogP contribution in [0.1, 0.15) is 39.4 Å². The van der Waals surface area contributed by atoms with E-state index in [-0.39, 0.29) is 45.5 Å². The molecule has 2 aromatic heterocycles. The van der Waals surface area contributed by atoms with Crippen LogP contribution in [0.15, 0.2) is 27.8 Å². The van der Waals surface area contributed by atoms with Crippen molar-refractivity contribution in [1.82, 2.24) is 10.2 Å². The molecule has 0 bridgehead atoms. The molecule has 36 heavy (non-hydrogen) atoms. The zero-order valence-electron chi connectivity index (χ0n) is 20.3. The second-order valence-electron chi connectivity index (χ2n) is 6.98. The Bertz CT molecular complexity index is 1250. The second-order valence-corrected chi connectivity index (χ2v) is 8.92. The van der Waals surface area contributed by atoms with Gasteiger partial charge in [-0.05, 0) is 44.5 Å². The van der Waals surface area contributed by atoms with Crippen LogP contribution in [-0.2, 0) is 14.3 Å². The van der Waals surface area contributed by atoms with E-state index in [1.807, 2.05) is 0 Å². The lowest BCUT2D eigenvalue weighted by molar-refractivity contribution is -0.113. The average Bonchev–Trinajstić information content (AvgIpc) is 3.47. The predicted molar refractivity (Wildman–Crippen MR) is 133 cm³/mol. The lowest BCUT2D eigenvalue weighted by Gasteiger charge is -2.07. The molecule has 1 N–H and O–H groups in total. The number of benzene rings is 1. The van der Waals surface area contributed by atoms with E-state index < -0.39 is 17.8 Å². The van der Waals surface area contributed by atoms with Gasteiger partial charge in [-0.15, -0.1) is 21.5 Å². The molecule has 0 aliphatic rings. The number of carbonyl (C=O) groups excluding carboxylic acids is 3. The highest BCUT2D eigenvalue weighted by Gasteiger charge is 2.27. The number of thioether (sulfide) groups is 1. The zero-order chi connectivity index (χ0) is 26.2. The van der Waals surface area contributed by atoms with Crippen LogP contribution in [0.5, 0.6) is 11.5 Å². The van der Waals surface area contributed by atoms with Crippen molar-refractivity contribution < 1.29 is 37.7 Å². The summed E-state index contributed by atoms with van der Waals surface area (Å²) in [5.74, 6) is -0.447. The Morgan fingerprint density at radius 2 is 1.78 bits per heavy atom. The van der Waals surface area contributed by atoms with Gasteiger partial charge in [-0.25, -0.2) is 9.59 Å². The van der Waals surface area contributed by atoms with Gasteiger partial charge in [0.05, 0.1) is 44.3 Å². The predicted octanol–water partition coefficient (Wildman–Crippen LogP) is 4.21. The Kier molecular flexibility index (Phi) is 9.31. The van der Waals surface area contributed by atoms with Gasteiger partial charge in [0.15, 0.2) is 0 Å². The number of amides is 1. The third kappa shape index (κ3) is 6.15.